The predicted octanol–water partition coefficient (Wildman–Crippen LogP) is 3.90. The third kappa shape index (κ3) is 5.07. The fourth-order valence-electron chi connectivity index (χ4n) is 3.97. The lowest BCUT2D eigenvalue weighted by molar-refractivity contribution is 0.260. The summed E-state index contributed by atoms with van der Waals surface area (Å²) < 4.78 is 0. The molecule has 1 aromatic rings. The Morgan fingerprint density at radius 1 is 1.12 bits per heavy atom. The minimum atomic E-state index is -1.80. The van der Waals surface area contributed by atoms with Gasteiger partial charge in [0, 0.05) is 17.8 Å². The van der Waals surface area contributed by atoms with Crippen molar-refractivity contribution in [1.29, 1.82) is 0 Å². The van der Waals surface area contributed by atoms with Crippen LogP contribution in [0.25, 0.3) is 0 Å². The van der Waals surface area contributed by atoms with Crippen LogP contribution in [0.2, 0.25) is 16.6 Å². The van der Waals surface area contributed by atoms with E-state index in [0.29, 0.717) is 22.4 Å². The topological polar surface area (TPSA) is 71.2 Å². The van der Waals surface area contributed by atoms with Gasteiger partial charge in [0.15, 0.2) is 0 Å². The number of nitrogen functional groups attached to an aromatic ring is 1. The number of hydrogen-bond acceptors (Lipinski definition) is 4. The summed E-state index contributed by atoms with van der Waals surface area (Å²) in [6.07, 6.45) is 1.68. The van der Waals surface area contributed by atoms with Crippen molar-refractivity contribution in [3.05, 3.63) is 23.9 Å². The van der Waals surface area contributed by atoms with E-state index in [1.807, 2.05) is 19.1 Å². The summed E-state index contributed by atoms with van der Waals surface area (Å²) in [5, 5.41) is 13.2. The van der Waals surface area contributed by atoms with Crippen molar-refractivity contribution in [2.75, 3.05) is 12.3 Å². The molecule has 0 saturated carbocycles. The molecule has 1 unspecified atom stereocenters. The van der Waals surface area contributed by atoms with Crippen LogP contribution in [-0.2, 0) is 0 Å². The molecule has 1 aromatic heterocycles. The van der Waals surface area contributed by atoms with E-state index < -0.39 is 8.07 Å². The van der Waals surface area contributed by atoms with Crippen LogP contribution < -0.4 is 11.1 Å². The number of anilines is 1. The highest BCUT2D eigenvalue weighted by molar-refractivity contribution is 6.90. The largest absolute Gasteiger partial charge is 0.394 e. The van der Waals surface area contributed by atoms with Gasteiger partial charge in [0.2, 0.25) is 0 Å². The summed E-state index contributed by atoms with van der Waals surface area (Å²) in [5.74, 6) is 3.88. The maximum atomic E-state index is 9.81. The van der Waals surface area contributed by atoms with Gasteiger partial charge in [0.05, 0.1) is 12.6 Å². The Morgan fingerprint density at radius 2 is 1.68 bits per heavy atom. The number of nitrogens with zero attached hydrogens (tertiary/aromatic N) is 1. The molecule has 0 saturated heterocycles. The molecule has 140 valence electrons. The maximum Gasteiger partial charge on any atom is 0.146 e. The van der Waals surface area contributed by atoms with E-state index in [9.17, 15) is 5.11 Å². The second kappa shape index (κ2) is 9.37. The Balaban J connectivity index is 3.06. The van der Waals surface area contributed by atoms with Crippen LogP contribution in [0, 0.1) is 11.5 Å². The average molecular weight is 362 g/mol. The molecule has 0 amide bonds. The first-order chi connectivity index (χ1) is 11.7. The van der Waals surface area contributed by atoms with E-state index in [1.165, 1.54) is 0 Å². The summed E-state index contributed by atoms with van der Waals surface area (Å²) in [6, 6.07) is 3.54. The molecule has 25 heavy (non-hydrogen) atoms. The van der Waals surface area contributed by atoms with Crippen LogP contribution >= 0.6 is 0 Å². The maximum absolute atomic E-state index is 9.81. The van der Waals surface area contributed by atoms with Crippen molar-refractivity contribution in [3.8, 4) is 11.5 Å². The molecule has 0 aromatic carbocycles. The first-order valence-electron chi connectivity index (χ1n) is 9.26. The molecule has 0 bridgehead atoms. The lowest BCUT2D eigenvalue weighted by atomic mass is 10.1. The Hall–Kier alpha value is -1.35. The summed E-state index contributed by atoms with van der Waals surface area (Å²) in [4.78, 5) is 4.13. The molecule has 4 nitrogen and oxygen atoms in total. The molecule has 0 fully saturated rings. The summed E-state index contributed by atoms with van der Waals surface area (Å²) in [5.41, 5.74) is 12.3. The molecule has 1 rings (SSSR count). The molecule has 2 atom stereocenters. The van der Waals surface area contributed by atoms with Gasteiger partial charge in [-0.1, -0.05) is 53.5 Å². The molecular weight excluding hydrogens is 326 g/mol. The second-order valence-corrected chi connectivity index (χ2v) is 13.3. The van der Waals surface area contributed by atoms with Crippen LogP contribution in [0.3, 0.4) is 0 Å². The molecule has 4 N–H and O–H groups in total. The monoisotopic (exact) mass is 361 g/mol. The summed E-state index contributed by atoms with van der Waals surface area (Å²) in [6.45, 7) is 15.8. The second-order valence-electron chi connectivity index (χ2n) is 7.77. The van der Waals surface area contributed by atoms with Crippen LogP contribution in [0.5, 0.6) is 0 Å². The molecule has 0 spiro atoms. The molecule has 0 aliphatic heterocycles. The molecule has 5 heteroatoms. The van der Waals surface area contributed by atoms with Gasteiger partial charge >= 0.3 is 0 Å². The van der Waals surface area contributed by atoms with E-state index in [-0.39, 0.29) is 18.7 Å². The van der Waals surface area contributed by atoms with Gasteiger partial charge in [0.1, 0.15) is 13.9 Å². The third-order valence-electron chi connectivity index (χ3n) is 5.30. The van der Waals surface area contributed by atoms with E-state index in [4.69, 9.17) is 5.73 Å². The highest BCUT2D eigenvalue weighted by Crippen LogP contribution is 2.40. The standard InChI is InChI=1S/C20H35N3OSi/c1-14(2)25(15(3)4,16(5)6)12-10-18(13-24)23-17(7)19-9-8-11-22-20(19)21/h8-9,11,14-18,23-24H,13H2,1-7H3,(H2,21,22)/t17?,18-/m0/s1. The highest BCUT2D eigenvalue weighted by Gasteiger charge is 2.41. The number of pyridine rings is 1. The number of aliphatic hydroxyl groups excluding tert-OH is 1. The van der Waals surface area contributed by atoms with Crippen molar-refractivity contribution in [2.45, 2.75) is 77.2 Å². The van der Waals surface area contributed by atoms with Crippen LogP contribution in [0.15, 0.2) is 18.3 Å². The van der Waals surface area contributed by atoms with E-state index in [2.05, 4.69) is 63.3 Å². The quantitative estimate of drug-likeness (QED) is 0.509. The molecule has 0 aliphatic rings. The fraction of sp³-hybridized carbons (Fsp3) is 0.650. The smallest absolute Gasteiger partial charge is 0.146 e. The van der Waals surface area contributed by atoms with Gasteiger partial charge in [0.25, 0.3) is 0 Å². The Morgan fingerprint density at radius 3 is 2.12 bits per heavy atom. The van der Waals surface area contributed by atoms with Crippen molar-refractivity contribution >= 4 is 13.9 Å². The molecule has 0 aliphatic carbocycles. The molecule has 1 heterocycles. The van der Waals surface area contributed by atoms with Crippen molar-refractivity contribution in [2.24, 2.45) is 0 Å². The predicted molar refractivity (Wildman–Crippen MR) is 110 cm³/mol. The Labute approximate surface area is 154 Å². The lowest BCUT2D eigenvalue weighted by Crippen LogP contribution is -2.44. The normalized spacial score (nSPS) is 14.5. The van der Waals surface area contributed by atoms with Crippen molar-refractivity contribution in [1.82, 2.24) is 10.3 Å². The SMILES string of the molecule is CC(N[C@@H](C#C[Si](C(C)C)(C(C)C)C(C)C)CO)c1cccnc1N. The lowest BCUT2D eigenvalue weighted by Gasteiger charge is -2.38. The Bertz CT molecular complexity index is 583. The number of aliphatic hydroxyl groups is 1. The minimum Gasteiger partial charge on any atom is -0.394 e. The zero-order valence-electron chi connectivity index (χ0n) is 16.8. The highest BCUT2D eigenvalue weighted by atomic mass is 28.3. The first kappa shape index (κ1) is 21.7. The Kier molecular flexibility index (Phi) is 8.13. The first-order valence-corrected chi connectivity index (χ1v) is 11.5. The number of nitrogens with two attached hydrogens (primary N) is 1. The number of rotatable bonds is 7. The van der Waals surface area contributed by atoms with E-state index in [1.54, 1.807) is 6.20 Å². The van der Waals surface area contributed by atoms with Gasteiger partial charge < -0.3 is 10.8 Å². The van der Waals surface area contributed by atoms with E-state index >= 15 is 0 Å². The number of aromatic nitrogens is 1. The van der Waals surface area contributed by atoms with Crippen LogP contribution in [0.1, 0.15) is 60.1 Å². The third-order valence-corrected chi connectivity index (χ3v) is 11.6. The van der Waals surface area contributed by atoms with Crippen molar-refractivity contribution < 1.29 is 5.11 Å². The van der Waals surface area contributed by atoms with Gasteiger partial charge in [-0.15, -0.1) is 5.54 Å². The zero-order chi connectivity index (χ0) is 19.2. The number of hydrogen-bond donors (Lipinski definition) is 3. The van der Waals surface area contributed by atoms with Crippen LogP contribution in [-0.4, -0.2) is 30.8 Å². The van der Waals surface area contributed by atoms with Crippen LogP contribution in [0.4, 0.5) is 5.82 Å². The fourth-order valence-corrected chi connectivity index (χ4v) is 9.26. The summed E-state index contributed by atoms with van der Waals surface area (Å²) in [7, 11) is -1.80. The van der Waals surface area contributed by atoms with Gasteiger partial charge in [-0.05, 0) is 29.6 Å². The minimum absolute atomic E-state index is 0.0176. The van der Waals surface area contributed by atoms with Gasteiger partial charge in [-0.2, -0.15) is 0 Å². The molecular formula is C20H35N3OSi. The van der Waals surface area contributed by atoms with E-state index in [0.717, 1.165) is 5.56 Å². The van der Waals surface area contributed by atoms with Gasteiger partial charge in [-0.25, -0.2) is 4.98 Å². The van der Waals surface area contributed by atoms with Crippen molar-refractivity contribution in [3.63, 3.8) is 0 Å². The van der Waals surface area contributed by atoms with Gasteiger partial charge in [-0.3, -0.25) is 5.32 Å². The molecule has 0 radical (unpaired) electrons. The zero-order valence-corrected chi connectivity index (χ0v) is 17.8. The number of nitrogens with one attached hydrogen (secondary N) is 1. The average Bonchev–Trinajstić information content (AvgIpc) is 2.53. The summed E-state index contributed by atoms with van der Waals surface area (Å²) >= 11 is 0.